The number of carbonyl (C=O) groups is 3. The van der Waals surface area contributed by atoms with Crippen molar-refractivity contribution >= 4 is 23.4 Å². The number of nitrogens with one attached hydrogen (secondary N) is 2. The Hall–Kier alpha value is -3.39. The molecule has 0 bridgehead atoms. The number of methoxy groups -OCH3 is 1. The third-order valence-electron chi connectivity index (χ3n) is 7.19. The summed E-state index contributed by atoms with van der Waals surface area (Å²) in [5.74, 6) is 0.660. The number of rotatable bonds is 6. The maximum atomic E-state index is 13.0. The first-order chi connectivity index (χ1) is 16.5. The van der Waals surface area contributed by atoms with Crippen LogP contribution in [0.25, 0.3) is 0 Å². The Morgan fingerprint density at radius 1 is 1.15 bits per heavy atom. The first-order valence-electron chi connectivity index (χ1n) is 11.9. The second-order valence-corrected chi connectivity index (χ2v) is 9.21. The summed E-state index contributed by atoms with van der Waals surface area (Å²) in [4.78, 5) is 42.3. The molecule has 2 saturated heterocycles. The first-order valence-corrected chi connectivity index (χ1v) is 11.9. The number of carbonyl (C=O) groups excluding carboxylic acids is 3. The number of amides is 3. The molecule has 178 valence electrons. The summed E-state index contributed by atoms with van der Waals surface area (Å²) in [6, 6.07) is 14.7. The number of ether oxygens (including phenoxy) is 1. The molecule has 0 spiro atoms. The van der Waals surface area contributed by atoms with Crippen molar-refractivity contribution in [2.75, 3.05) is 31.6 Å². The van der Waals surface area contributed by atoms with Gasteiger partial charge in [-0.15, -0.1) is 0 Å². The molecule has 3 aliphatic heterocycles. The lowest BCUT2D eigenvalue weighted by Crippen LogP contribution is -2.58. The van der Waals surface area contributed by atoms with Gasteiger partial charge in [0.05, 0.1) is 13.2 Å². The standard InChI is InChI=1S/C26H30N4O4/c1-34-21-9-6-18(7-10-21)25(32)28-19-14-23-26(33)27-15-20(30(23)16-19)8-11-24(31)29-13-12-17-4-2-3-5-22(17)29/h2-7,9-10,19-20,23H,8,11-16H2,1H3,(H,27,33)(H,28,32)/t19-,20+,23-/m0/s1. The minimum atomic E-state index is -0.275. The van der Waals surface area contributed by atoms with Crippen LogP contribution in [0.5, 0.6) is 5.75 Å². The van der Waals surface area contributed by atoms with Crippen molar-refractivity contribution < 1.29 is 19.1 Å². The summed E-state index contributed by atoms with van der Waals surface area (Å²) < 4.78 is 5.15. The van der Waals surface area contributed by atoms with Gasteiger partial charge in [-0.2, -0.15) is 0 Å². The Labute approximate surface area is 199 Å². The van der Waals surface area contributed by atoms with E-state index in [0.29, 0.717) is 43.7 Å². The van der Waals surface area contributed by atoms with Gasteiger partial charge in [0.1, 0.15) is 5.75 Å². The van der Waals surface area contributed by atoms with E-state index in [1.165, 1.54) is 5.56 Å². The van der Waals surface area contributed by atoms with Crippen LogP contribution in [0.4, 0.5) is 5.69 Å². The minimum absolute atomic E-state index is 0.00255. The minimum Gasteiger partial charge on any atom is -0.497 e. The summed E-state index contributed by atoms with van der Waals surface area (Å²) in [6.07, 6.45) is 2.57. The normalized spacial score (nSPS) is 23.7. The van der Waals surface area contributed by atoms with Crippen LogP contribution >= 0.6 is 0 Å². The Kier molecular flexibility index (Phi) is 6.24. The molecule has 2 aromatic carbocycles. The fraction of sp³-hybridized carbons (Fsp3) is 0.423. The molecule has 3 atom stereocenters. The monoisotopic (exact) mass is 462 g/mol. The SMILES string of the molecule is COc1ccc(C(=O)N[C@H]2C[C@H]3C(=O)NC[C@@H](CCC(=O)N4CCc5ccccc54)N3C2)cc1. The number of hydrogen-bond donors (Lipinski definition) is 2. The van der Waals surface area contributed by atoms with Crippen LogP contribution in [0.2, 0.25) is 0 Å². The van der Waals surface area contributed by atoms with Gasteiger partial charge in [0.25, 0.3) is 5.91 Å². The lowest BCUT2D eigenvalue weighted by molar-refractivity contribution is -0.129. The molecule has 0 aromatic heterocycles. The van der Waals surface area contributed by atoms with Crippen molar-refractivity contribution in [1.29, 1.82) is 0 Å². The molecule has 8 heteroatoms. The number of hydrogen-bond acceptors (Lipinski definition) is 5. The van der Waals surface area contributed by atoms with E-state index in [2.05, 4.69) is 21.6 Å². The summed E-state index contributed by atoms with van der Waals surface area (Å²) in [5, 5.41) is 6.07. The maximum Gasteiger partial charge on any atom is 0.251 e. The van der Waals surface area contributed by atoms with Gasteiger partial charge >= 0.3 is 0 Å². The molecule has 0 aliphatic carbocycles. The number of fused-ring (bicyclic) bond motifs is 2. The summed E-state index contributed by atoms with van der Waals surface area (Å²) in [5.41, 5.74) is 2.80. The van der Waals surface area contributed by atoms with Crippen molar-refractivity contribution in [3.8, 4) is 5.75 Å². The van der Waals surface area contributed by atoms with Crippen LogP contribution in [0.1, 0.15) is 35.2 Å². The average molecular weight is 463 g/mol. The number of piperazine rings is 1. The first kappa shape index (κ1) is 22.4. The van der Waals surface area contributed by atoms with E-state index < -0.39 is 0 Å². The predicted molar refractivity (Wildman–Crippen MR) is 128 cm³/mol. The highest BCUT2D eigenvalue weighted by molar-refractivity contribution is 5.96. The van der Waals surface area contributed by atoms with Crippen LogP contribution < -0.4 is 20.3 Å². The van der Waals surface area contributed by atoms with Crippen LogP contribution in [-0.2, 0) is 16.0 Å². The lowest BCUT2D eigenvalue weighted by Gasteiger charge is -2.37. The molecule has 2 N–H and O–H groups in total. The fourth-order valence-electron chi connectivity index (χ4n) is 5.38. The zero-order valence-electron chi connectivity index (χ0n) is 19.3. The van der Waals surface area contributed by atoms with E-state index in [-0.39, 0.29) is 35.8 Å². The van der Waals surface area contributed by atoms with E-state index >= 15 is 0 Å². The highest BCUT2D eigenvalue weighted by Gasteiger charge is 2.44. The average Bonchev–Trinajstić information content (AvgIpc) is 3.48. The largest absolute Gasteiger partial charge is 0.497 e. The molecule has 2 fully saturated rings. The van der Waals surface area contributed by atoms with Crippen molar-refractivity contribution in [3.05, 3.63) is 59.7 Å². The molecule has 0 saturated carbocycles. The summed E-state index contributed by atoms with van der Waals surface area (Å²) in [6.45, 7) is 1.86. The molecule has 3 amide bonds. The van der Waals surface area contributed by atoms with E-state index in [9.17, 15) is 14.4 Å². The van der Waals surface area contributed by atoms with Gasteiger partial charge in [0.2, 0.25) is 11.8 Å². The third-order valence-corrected chi connectivity index (χ3v) is 7.19. The Balaban J connectivity index is 1.19. The highest BCUT2D eigenvalue weighted by atomic mass is 16.5. The number of anilines is 1. The fourth-order valence-corrected chi connectivity index (χ4v) is 5.38. The summed E-state index contributed by atoms with van der Waals surface area (Å²) >= 11 is 0. The van der Waals surface area contributed by atoms with Crippen molar-refractivity contribution in [3.63, 3.8) is 0 Å². The molecule has 3 aliphatic rings. The van der Waals surface area contributed by atoms with E-state index in [1.54, 1.807) is 31.4 Å². The Morgan fingerprint density at radius 3 is 2.74 bits per heavy atom. The predicted octanol–water partition coefficient (Wildman–Crippen LogP) is 1.74. The summed E-state index contributed by atoms with van der Waals surface area (Å²) in [7, 11) is 1.59. The molecule has 0 radical (unpaired) electrons. The quantitative estimate of drug-likeness (QED) is 0.683. The van der Waals surface area contributed by atoms with Crippen LogP contribution in [0.3, 0.4) is 0 Å². The molecule has 8 nitrogen and oxygen atoms in total. The lowest BCUT2D eigenvalue weighted by atomic mass is 10.0. The Bertz CT molecular complexity index is 1090. The van der Waals surface area contributed by atoms with Crippen molar-refractivity contribution in [2.24, 2.45) is 0 Å². The van der Waals surface area contributed by atoms with Crippen molar-refractivity contribution in [1.82, 2.24) is 15.5 Å². The Morgan fingerprint density at radius 2 is 1.94 bits per heavy atom. The van der Waals surface area contributed by atoms with Gasteiger partial charge in [-0.3, -0.25) is 19.3 Å². The zero-order chi connectivity index (χ0) is 23.7. The molecule has 3 heterocycles. The van der Waals surface area contributed by atoms with Gasteiger partial charge in [-0.25, -0.2) is 0 Å². The molecule has 5 rings (SSSR count). The number of nitrogens with zero attached hydrogens (tertiary/aromatic N) is 2. The van der Waals surface area contributed by atoms with E-state index in [0.717, 1.165) is 18.7 Å². The molecular formula is C26H30N4O4. The molecular weight excluding hydrogens is 432 g/mol. The van der Waals surface area contributed by atoms with Crippen molar-refractivity contribution in [2.45, 2.75) is 43.8 Å². The zero-order valence-corrected chi connectivity index (χ0v) is 19.3. The van der Waals surface area contributed by atoms with Gasteiger partial charge in [-0.05, 0) is 55.2 Å². The van der Waals surface area contributed by atoms with E-state index in [4.69, 9.17) is 4.74 Å². The van der Waals surface area contributed by atoms with Gasteiger partial charge in [0.15, 0.2) is 0 Å². The molecule has 2 aromatic rings. The van der Waals surface area contributed by atoms with Gasteiger partial charge in [0, 0.05) is 49.4 Å². The van der Waals surface area contributed by atoms with E-state index in [1.807, 2.05) is 23.1 Å². The van der Waals surface area contributed by atoms with Gasteiger partial charge in [-0.1, -0.05) is 18.2 Å². The number of benzene rings is 2. The van der Waals surface area contributed by atoms with Crippen LogP contribution in [-0.4, -0.2) is 67.5 Å². The highest BCUT2D eigenvalue weighted by Crippen LogP contribution is 2.30. The molecule has 34 heavy (non-hydrogen) atoms. The second-order valence-electron chi connectivity index (χ2n) is 9.21. The smallest absolute Gasteiger partial charge is 0.251 e. The maximum absolute atomic E-state index is 13.0. The topological polar surface area (TPSA) is 91.0 Å². The third kappa shape index (κ3) is 4.37. The van der Waals surface area contributed by atoms with Crippen LogP contribution in [0.15, 0.2) is 48.5 Å². The molecule has 0 unspecified atom stereocenters. The van der Waals surface area contributed by atoms with Crippen LogP contribution in [0, 0.1) is 0 Å². The second kappa shape index (κ2) is 9.46. The van der Waals surface area contributed by atoms with Gasteiger partial charge < -0.3 is 20.3 Å². The number of para-hydroxylation sites is 1.